The van der Waals surface area contributed by atoms with Crippen LogP contribution in [0.5, 0.6) is 0 Å². The van der Waals surface area contributed by atoms with Gasteiger partial charge in [-0.1, -0.05) is 12.8 Å². The van der Waals surface area contributed by atoms with Gasteiger partial charge in [0.25, 0.3) is 0 Å². The first-order valence-corrected chi connectivity index (χ1v) is 7.33. The molecular formula is C14H20N4O2. The minimum atomic E-state index is -0.349. The molecule has 1 atom stereocenters. The van der Waals surface area contributed by atoms with E-state index in [0.717, 1.165) is 37.9 Å². The van der Waals surface area contributed by atoms with Gasteiger partial charge in [-0.2, -0.15) is 0 Å². The molecule has 0 spiro atoms. The number of likely N-dealkylation sites (tertiary alicyclic amines) is 1. The van der Waals surface area contributed by atoms with Gasteiger partial charge >= 0.3 is 0 Å². The number of hydrogen-bond donors (Lipinski definition) is 2. The van der Waals surface area contributed by atoms with Gasteiger partial charge < -0.3 is 10.3 Å². The molecule has 108 valence electrons. The first-order valence-electron chi connectivity index (χ1n) is 7.33. The third-order valence-electron chi connectivity index (χ3n) is 4.18. The third kappa shape index (κ3) is 2.60. The Balaban J connectivity index is 1.53. The number of nitrogens with zero attached hydrogens (tertiary/aromatic N) is 2. The van der Waals surface area contributed by atoms with E-state index in [9.17, 15) is 9.59 Å². The smallest absolute Gasteiger partial charge is 0.247 e. The molecule has 0 aromatic carbocycles. The molecule has 20 heavy (non-hydrogen) atoms. The molecule has 1 aromatic heterocycles. The number of nitrogens with one attached hydrogen (secondary N) is 2. The van der Waals surface area contributed by atoms with E-state index in [4.69, 9.17) is 0 Å². The Kier molecular flexibility index (Phi) is 3.82. The summed E-state index contributed by atoms with van der Waals surface area (Å²) in [4.78, 5) is 33.0. The van der Waals surface area contributed by atoms with Crippen LogP contribution in [0.4, 0.5) is 0 Å². The molecule has 1 aromatic rings. The number of aromatic nitrogens is 2. The fraction of sp³-hybridized carbons (Fsp3) is 0.643. The number of carbonyl (C=O) groups excluding carboxylic acids is 2. The second kappa shape index (κ2) is 5.75. The van der Waals surface area contributed by atoms with E-state index < -0.39 is 0 Å². The number of amides is 2. The average Bonchev–Trinajstić information content (AvgIpc) is 3.13. The van der Waals surface area contributed by atoms with Crippen molar-refractivity contribution in [1.29, 1.82) is 0 Å². The number of carbonyl (C=O) groups is 2. The van der Waals surface area contributed by atoms with Gasteiger partial charge in [-0.05, 0) is 12.8 Å². The summed E-state index contributed by atoms with van der Waals surface area (Å²) in [6.45, 7) is 0.649. The quantitative estimate of drug-likeness (QED) is 0.773. The Bertz CT molecular complexity index is 479. The Morgan fingerprint density at radius 1 is 1.35 bits per heavy atom. The van der Waals surface area contributed by atoms with Crippen LogP contribution in [-0.2, 0) is 16.0 Å². The summed E-state index contributed by atoms with van der Waals surface area (Å²) in [6, 6.07) is -0.204. The van der Waals surface area contributed by atoms with Gasteiger partial charge in [-0.3, -0.25) is 14.5 Å². The summed E-state index contributed by atoms with van der Waals surface area (Å²) < 4.78 is 0. The molecule has 1 aliphatic carbocycles. The van der Waals surface area contributed by atoms with Crippen molar-refractivity contribution in [3.05, 3.63) is 18.2 Å². The molecule has 2 heterocycles. The molecule has 6 nitrogen and oxygen atoms in total. The summed E-state index contributed by atoms with van der Waals surface area (Å²) in [5.74, 6) is 0.834. The monoisotopic (exact) mass is 276 g/mol. The van der Waals surface area contributed by atoms with Crippen LogP contribution in [0.1, 0.15) is 37.9 Å². The molecule has 2 fully saturated rings. The zero-order chi connectivity index (χ0) is 13.9. The van der Waals surface area contributed by atoms with Crippen LogP contribution < -0.4 is 5.32 Å². The minimum absolute atomic E-state index is 0.0163. The third-order valence-corrected chi connectivity index (χ3v) is 4.18. The fourth-order valence-corrected chi connectivity index (χ4v) is 3.16. The summed E-state index contributed by atoms with van der Waals surface area (Å²) in [6.07, 6.45) is 8.70. The van der Waals surface area contributed by atoms with Crippen molar-refractivity contribution >= 4 is 11.8 Å². The lowest BCUT2D eigenvalue weighted by atomic mass is 10.2. The Labute approximate surface area is 117 Å². The zero-order valence-electron chi connectivity index (χ0n) is 11.5. The maximum atomic E-state index is 12.3. The van der Waals surface area contributed by atoms with Gasteiger partial charge in [-0.15, -0.1) is 0 Å². The maximum absolute atomic E-state index is 12.3. The highest BCUT2D eigenvalue weighted by Gasteiger charge is 2.42. The number of hydrogen-bond acceptors (Lipinski definition) is 4. The molecule has 6 heteroatoms. The van der Waals surface area contributed by atoms with E-state index in [1.54, 1.807) is 12.4 Å². The van der Waals surface area contributed by atoms with E-state index in [0.29, 0.717) is 13.0 Å². The molecule has 1 saturated carbocycles. The van der Waals surface area contributed by atoms with Crippen molar-refractivity contribution < 1.29 is 9.59 Å². The first kappa shape index (κ1) is 13.3. The highest BCUT2D eigenvalue weighted by molar-refractivity contribution is 6.05. The first-order chi connectivity index (χ1) is 9.75. The van der Waals surface area contributed by atoms with Gasteiger partial charge in [0.05, 0.1) is 12.5 Å². The van der Waals surface area contributed by atoms with E-state index in [2.05, 4.69) is 15.3 Å². The maximum Gasteiger partial charge on any atom is 0.247 e. The SMILES string of the molecule is O=C1CC(NCCc2ncc[nH]2)C(=O)N1C1CCCC1. The lowest BCUT2D eigenvalue weighted by Crippen LogP contribution is -2.43. The average molecular weight is 276 g/mol. The van der Waals surface area contributed by atoms with E-state index in [-0.39, 0.29) is 23.9 Å². The van der Waals surface area contributed by atoms with Crippen molar-refractivity contribution in [3.8, 4) is 0 Å². The predicted octanol–water partition coefficient (Wildman–Crippen LogP) is 0.612. The molecular weight excluding hydrogens is 256 g/mol. The summed E-state index contributed by atoms with van der Waals surface area (Å²) in [5, 5.41) is 3.18. The molecule has 1 saturated heterocycles. The van der Waals surface area contributed by atoms with Crippen molar-refractivity contribution in [2.24, 2.45) is 0 Å². The van der Waals surface area contributed by atoms with Crippen LogP contribution in [0.3, 0.4) is 0 Å². The van der Waals surface area contributed by atoms with Crippen LogP contribution in [0.25, 0.3) is 0 Å². The van der Waals surface area contributed by atoms with Crippen molar-refractivity contribution in [2.45, 2.75) is 50.6 Å². The lowest BCUT2D eigenvalue weighted by Gasteiger charge is -2.22. The number of H-pyrrole nitrogens is 1. The second-order valence-corrected chi connectivity index (χ2v) is 5.54. The predicted molar refractivity (Wildman–Crippen MR) is 72.8 cm³/mol. The van der Waals surface area contributed by atoms with Crippen LogP contribution in [0.15, 0.2) is 12.4 Å². The highest BCUT2D eigenvalue weighted by Crippen LogP contribution is 2.28. The largest absolute Gasteiger partial charge is 0.349 e. The number of imidazole rings is 1. The normalized spacial score (nSPS) is 24.0. The minimum Gasteiger partial charge on any atom is -0.349 e. The summed E-state index contributed by atoms with van der Waals surface area (Å²) in [5.41, 5.74) is 0. The van der Waals surface area contributed by atoms with Gasteiger partial charge in [-0.25, -0.2) is 4.98 Å². The van der Waals surface area contributed by atoms with Gasteiger partial charge in [0, 0.05) is 31.4 Å². The highest BCUT2D eigenvalue weighted by atomic mass is 16.2. The molecule has 0 bridgehead atoms. The van der Waals surface area contributed by atoms with Gasteiger partial charge in [0.15, 0.2) is 0 Å². The molecule has 2 amide bonds. The molecule has 1 aliphatic heterocycles. The summed E-state index contributed by atoms with van der Waals surface area (Å²) in [7, 11) is 0. The van der Waals surface area contributed by atoms with E-state index >= 15 is 0 Å². The van der Waals surface area contributed by atoms with Gasteiger partial charge in [0.2, 0.25) is 11.8 Å². The number of rotatable bonds is 5. The molecule has 1 unspecified atom stereocenters. The van der Waals surface area contributed by atoms with Crippen LogP contribution in [0, 0.1) is 0 Å². The van der Waals surface area contributed by atoms with Gasteiger partial charge in [0.1, 0.15) is 5.82 Å². The molecule has 2 N–H and O–H groups in total. The lowest BCUT2D eigenvalue weighted by molar-refractivity contribution is -0.141. The topological polar surface area (TPSA) is 78.1 Å². The Hall–Kier alpha value is -1.69. The number of aromatic amines is 1. The molecule has 0 radical (unpaired) electrons. The van der Waals surface area contributed by atoms with Crippen molar-refractivity contribution in [2.75, 3.05) is 6.54 Å². The van der Waals surface area contributed by atoms with E-state index in [1.165, 1.54) is 4.90 Å². The standard InChI is InChI=1S/C14H20N4O2/c19-13-9-11(15-6-5-12-16-7-8-17-12)14(20)18(13)10-3-1-2-4-10/h7-8,10-11,15H,1-6,9H2,(H,16,17). The van der Waals surface area contributed by atoms with Crippen LogP contribution >= 0.6 is 0 Å². The van der Waals surface area contributed by atoms with Crippen LogP contribution in [-0.4, -0.2) is 45.3 Å². The fourth-order valence-electron chi connectivity index (χ4n) is 3.16. The van der Waals surface area contributed by atoms with Crippen LogP contribution in [0.2, 0.25) is 0 Å². The van der Waals surface area contributed by atoms with E-state index in [1.807, 2.05) is 0 Å². The van der Waals surface area contributed by atoms with Crippen molar-refractivity contribution in [1.82, 2.24) is 20.2 Å². The second-order valence-electron chi connectivity index (χ2n) is 5.54. The Morgan fingerprint density at radius 2 is 2.15 bits per heavy atom. The zero-order valence-corrected chi connectivity index (χ0v) is 11.5. The van der Waals surface area contributed by atoms with Crippen molar-refractivity contribution in [3.63, 3.8) is 0 Å². The Morgan fingerprint density at radius 3 is 2.85 bits per heavy atom. The summed E-state index contributed by atoms with van der Waals surface area (Å²) >= 11 is 0. The number of imide groups is 1. The molecule has 3 rings (SSSR count). The molecule has 2 aliphatic rings.